The Labute approximate surface area is 140 Å². The lowest BCUT2D eigenvalue weighted by Crippen LogP contribution is -2.38. The minimum absolute atomic E-state index is 0.130. The lowest BCUT2D eigenvalue weighted by atomic mass is 10.0. The zero-order chi connectivity index (χ0) is 16.2. The Morgan fingerprint density at radius 3 is 2.70 bits per heavy atom. The van der Waals surface area contributed by atoms with E-state index in [4.69, 9.17) is 10.5 Å². The van der Waals surface area contributed by atoms with Gasteiger partial charge in [-0.05, 0) is 30.4 Å². The van der Waals surface area contributed by atoms with Crippen LogP contribution in [0.15, 0.2) is 23.7 Å². The number of hydrogen-bond acceptors (Lipinski definition) is 5. The summed E-state index contributed by atoms with van der Waals surface area (Å²) in [6.45, 7) is 2.53. The fraction of sp³-hybridized carbons (Fsp3) is 0.688. The number of amides is 1. The van der Waals surface area contributed by atoms with E-state index in [1.54, 1.807) is 4.90 Å². The molecule has 0 aromatic rings. The molecular formula is C16H24FN3O2S. The average molecular weight is 341 g/mol. The van der Waals surface area contributed by atoms with Crippen molar-refractivity contribution in [2.75, 3.05) is 37.7 Å². The van der Waals surface area contributed by atoms with Crippen molar-refractivity contribution in [3.8, 4) is 0 Å². The van der Waals surface area contributed by atoms with Gasteiger partial charge in [-0.25, -0.2) is 9.18 Å². The van der Waals surface area contributed by atoms with E-state index in [2.05, 4.69) is 4.90 Å². The van der Waals surface area contributed by atoms with Crippen LogP contribution >= 0.6 is 11.8 Å². The van der Waals surface area contributed by atoms with Gasteiger partial charge in [-0.3, -0.25) is 4.90 Å². The quantitative estimate of drug-likeness (QED) is 0.852. The number of carbonyl (C=O) groups excluding carboxylic acids is 1. The Kier molecular flexibility index (Phi) is 5.48. The van der Waals surface area contributed by atoms with Crippen molar-refractivity contribution in [1.29, 1.82) is 0 Å². The number of hydrogen-bond donors (Lipinski definition) is 1. The van der Waals surface area contributed by atoms with Crippen molar-refractivity contribution >= 4 is 17.9 Å². The summed E-state index contributed by atoms with van der Waals surface area (Å²) in [6.07, 6.45) is 5.47. The van der Waals surface area contributed by atoms with Crippen molar-refractivity contribution in [3.63, 3.8) is 0 Å². The van der Waals surface area contributed by atoms with Crippen molar-refractivity contribution in [1.82, 2.24) is 9.80 Å². The van der Waals surface area contributed by atoms with Gasteiger partial charge in [0.15, 0.2) is 0 Å². The third-order valence-electron chi connectivity index (χ3n) is 4.48. The number of rotatable bonds is 3. The smallest absolute Gasteiger partial charge is 0.410 e. The molecule has 7 heteroatoms. The lowest BCUT2D eigenvalue weighted by Gasteiger charge is -2.32. The molecule has 2 saturated heterocycles. The number of carbonyl (C=O) groups is 1. The first kappa shape index (κ1) is 16.6. The van der Waals surface area contributed by atoms with E-state index >= 15 is 0 Å². The zero-order valence-electron chi connectivity index (χ0n) is 13.2. The van der Waals surface area contributed by atoms with E-state index in [1.165, 1.54) is 0 Å². The molecule has 3 rings (SSSR count). The Balaban J connectivity index is 1.65. The molecule has 2 fully saturated rings. The van der Waals surface area contributed by atoms with Gasteiger partial charge in [-0.1, -0.05) is 6.08 Å². The van der Waals surface area contributed by atoms with E-state index in [-0.39, 0.29) is 24.4 Å². The highest BCUT2D eigenvalue weighted by molar-refractivity contribution is 7.99. The van der Waals surface area contributed by atoms with Crippen molar-refractivity contribution in [2.24, 2.45) is 5.73 Å². The molecule has 0 bridgehead atoms. The van der Waals surface area contributed by atoms with Crippen LogP contribution < -0.4 is 5.73 Å². The lowest BCUT2D eigenvalue weighted by molar-refractivity contribution is 0.132. The third kappa shape index (κ3) is 3.83. The fourth-order valence-electron chi connectivity index (χ4n) is 3.24. The van der Waals surface area contributed by atoms with Gasteiger partial charge >= 0.3 is 6.09 Å². The van der Waals surface area contributed by atoms with Gasteiger partial charge in [-0.2, -0.15) is 11.8 Å². The molecule has 2 unspecified atom stereocenters. The standard InChI is InChI=1S/C16H24FN3O2S/c17-14-9-12(20-11-13(10-18)22-16(20)21)3-4-15(14)19-5-1-7-23-8-2-6-19/h3-4,12-13H,1-2,5-11,18H2. The number of allylic oxidation sites excluding steroid dienone is 1. The predicted octanol–water partition coefficient (Wildman–Crippen LogP) is 2.10. The van der Waals surface area contributed by atoms with Crippen LogP contribution in [0, 0.1) is 0 Å². The van der Waals surface area contributed by atoms with Gasteiger partial charge in [0.2, 0.25) is 0 Å². The largest absolute Gasteiger partial charge is 0.443 e. The third-order valence-corrected chi connectivity index (χ3v) is 5.64. The first-order chi connectivity index (χ1) is 11.2. The molecule has 0 aromatic carbocycles. The maximum Gasteiger partial charge on any atom is 0.410 e. The van der Waals surface area contributed by atoms with Crippen LogP contribution in [0.4, 0.5) is 9.18 Å². The summed E-state index contributed by atoms with van der Waals surface area (Å²) in [5.74, 6) is 2.14. The molecule has 5 nitrogen and oxygen atoms in total. The van der Waals surface area contributed by atoms with Crippen LogP contribution in [-0.2, 0) is 4.74 Å². The molecule has 2 atom stereocenters. The number of halogens is 1. The summed E-state index contributed by atoms with van der Waals surface area (Å²) in [6, 6.07) is -0.270. The average Bonchev–Trinajstić information content (AvgIpc) is 2.89. The summed E-state index contributed by atoms with van der Waals surface area (Å²) in [4.78, 5) is 15.6. The molecular weight excluding hydrogens is 317 g/mol. The highest BCUT2D eigenvalue weighted by Crippen LogP contribution is 2.29. The van der Waals surface area contributed by atoms with E-state index in [0.717, 1.165) is 37.4 Å². The molecule has 23 heavy (non-hydrogen) atoms. The number of nitrogens with zero attached hydrogens (tertiary/aromatic N) is 2. The summed E-state index contributed by atoms with van der Waals surface area (Å²) >= 11 is 1.98. The van der Waals surface area contributed by atoms with Gasteiger partial charge < -0.3 is 15.4 Å². The molecule has 2 heterocycles. The predicted molar refractivity (Wildman–Crippen MR) is 89.8 cm³/mol. The summed E-state index contributed by atoms with van der Waals surface area (Å²) in [5, 5.41) is 0. The Morgan fingerprint density at radius 1 is 1.35 bits per heavy atom. The van der Waals surface area contributed by atoms with Gasteiger partial charge in [0.05, 0.1) is 18.3 Å². The van der Waals surface area contributed by atoms with Crippen molar-refractivity contribution < 1.29 is 13.9 Å². The SMILES string of the molecule is NCC1CN(C2C=CC(N3CCCSCCC3)=C(F)C2)C(=O)O1. The molecule has 0 saturated carbocycles. The fourth-order valence-corrected chi connectivity index (χ4v) is 4.12. The summed E-state index contributed by atoms with van der Waals surface area (Å²) in [7, 11) is 0. The van der Waals surface area contributed by atoms with Gasteiger partial charge in [0, 0.05) is 26.1 Å². The van der Waals surface area contributed by atoms with E-state index in [1.807, 2.05) is 23.9 Å². The number of ether oxygens (including phenoxy) is 1. The minimum Gasteiger partial charge on any atom is -0.443 e. The normalized spacial score (nSPS) is 29.6. The molecule has 2 N–H and O–H groups in total. The second-order valence-corrected chi connectivity index (χ2v) is 7.35. The van der Waals surface area contributed by atoms with Gasteiger partial charge in [-0.15, -0.1) is 0 Å². The molecule has 3 aliphatic rings. The van der Waals surface area contributed by atoms with E-state index < -0.39 is 6.09 Å². The molecule has 0 aromatic heterocycles. The maximum atomic E-state index is 14.7. The molecule has 1 amide bonds. The van der Waals surface area contributed by atoms with Gasteiger partial charge in [0.1, 0.15) is 11.9 Å². The minimum atomic E-state index is -0.394. The maximum absolute atomic E-state index is 14.7. The van der Waals surface area contributed by atoms with Crippen molar-refractivity contribution in [2.45, 2.75) is 31.4 Å². The molecule has 0 radical (unpaired) electrons. The van der Waals surface area contributed by atoms with E-state index in [9.17, 15) is 9.18 Å². The highest BCUT2D eigenvalue weighted by Gasteiger charge is 2.36. The van der Waals surface area contributed by atoms with Crippen LogP contribution in [0.1, 0.15) is 19.3 Å². The summed E-state index contributed by atoms with van der Waals surface area (Å²) < 4.78 is 19.8. The molecule has 0 spiro atoms. The Hall–Kier alpha value is -1.21. The van der Waals surface area contributed by atoms with Crippen LogP contribution in [0.3, 0.4) is 0 Å². The molecule has 2 aliphatic heterocycles. The van der Waals surface area contributed by atoms with E-state index in [0.29, 0.717) is 18.8 Å². The van der Waals surface area contributed by atoms with Crippen LogP contribution in [0.25, 0.3) is 0 Å². The molecule has 1 aliphatic carbocycles. The highest BCUT2D eigenvalue weighted by atomic mass is 32.2. The number of nitrogens with two attached hydrogens (primary N) is 1. The first-order valence-corrected chi connectivity index (χ1v) is 9.41. The summed E-state index contributed by atoms with van der Waals surface area (Å²) in [5.41, 5.74) is 6.24. The second kappa shape index (κ2) is 7.57. The Morgan fingerprint density at radius 2 is 2.09 bits per heavy atom. The number of thioether (sulfide) groups is 1. The number of cyclic esters (lactones) is 1. The van der Waals surface area contributed by atoms with Crippen molar-refractivity contribution in [3.05, 3.63) is 23.7 Å². The van der Waals surface area contributed by atoms with Crippen LogP contribution in [0.2, 0.25) is 0 Å². The van der Waals surface area contributed by atoms with Gasteiger partial charge in [0.25, 0.3) is 0 Å². The first-order valence-electron chi connectivity index (χ1n) is 8.26. The van der Waals surface area contributed by atoms with Crippen LogP contribution in [-0.4, -0.2) is 65.7 Å². The molecule has 128 valence electrons. The second-order valence-electron chi connectivity index (χ2n) is 6.12. The zero-order valence-corrected chi connectivity index (χ0v) is 14.1. The topological polar surface area (TPSA) is 58.8 Å². The van der Waals surface area contributed by atoms with Crippen LogP contribution in [0.5, 0.6) is 0 Å². The monoisotopic (exact) mass is 341 g/mol. The Bertz CT molecular complexity index is 504.